The zero-order valence-corrected chi connectivity index (χ0v) is 13.4. The Morgan fingerprint density at radius 3 is 1.56 bits per heavy atom. The van der Waals surface area contributed by atoms with Crippen molar-refractivity contribution < 1.29 is 14.6 Å². The Kier molecular flexibility index (Phi) is 5.62. The minimum absolute atomic E-state index is 0.0424. The predicted octanol–water partition coefficient (Wildman–Crippen LogP) is 4.75. The van der Waals surface area contributed by atoms with Gasteiger partial charge in [-0.1, -0.05) is 12.2 Å². The van der Waals surface area contributed by atoms with Gasteiger partial charge in [-0.25, -0.2) is 0 Å². The molecule has 0 amide bonds. The molecule has 0 saturated carbocycles. The first kappa shape index (κ1) is 17.9. The van der Waals surface area contributed by atoms with Crippen LogP contribution in [0.3, 0.4) is 0 Å². The molecule has 2 rings (SSSR count). The molecule has 25 heavy (non-hydrogen) atoms. The van der Waals surface area contributed by atoms with Gasteiger partial charge >= 0.3 is 0 Å². The first-order chi connectivity index (χ1) is 12.0. The van der Waals surface area contributed by atoms with Crippen molar-refractivity contribution in [3.05, 3.63) is 93.1 Å². The van der Waals surface area contributed by atoms with Gasteiger partial charge in [0.1, 0.15) is 11.5 Å². The molecule has 7 nitrogen and oxygen atoms in total. The van der Waals surface area contributed by atoms with E-state index in [1.165, 1.54) is 36.4 Å². The summed E-state index contributed by atoms with van der Waals surface area (Å²) >= 11 is 0. The lowest BCUT2D eigenvalue weighted by atomic mass is 10.1. The Morgan fingerprint density at radius 2 is 1.24 bits per heavy atom. The van der Waals surface area contributed by atoms with Crippen molar-refractivity contribution in [2.75, 3.05) is 0 Å². The molecule has 0 fully saturated rings. The van der Waals surface area contributed by atoms with Gasteiger partial charge in [-0.2, -0.15) is 0 Å². The van der Waals surface area contributed by atoms with Gasteiger partial charge in [-0.3, -0.25) is 20.2 Å². The molecule has 2 aromatic carbocycles. The van der Waals surface area contributed by atoms with E-state index in [4.69, 9.17) is 4.74 Å². The van der Waals surface area contributed by atoms with Gasteiger partial charge in [-0.05, 0) is 25.0 Å². The molecule has 0 aliphatic rings. The SMILES string of the molecule is C=CCc1cc([N+](=O)[O-])ccc1Oc1ccc([N+](=O)[O-])cc1CC=C. The summed E-state index contributed by atoms with van der Waals surface area (Å²) in [6.07, 6.45) is 4.01. The van der Waals surface area contributed by atoms with Crippen molar-refractivity contribution in [3.63, 3.8) is 0 Å². The summed E-state index contributed by atoms with van der Waals surface area (Å²) in [5, 5.41) is 21.9. The van der Waals surface area contributed by atoms with Crippen molar-refractivity contribution in [1.82, 2.24) is 0 Å². The Hall–Kier alpha value is -3.48. The Balaban J connectivity index is 2.44. The minimum atomic E-state index is -0.481. The number of nitro groups is 2. The minimum Gasteiger partial charge on any atom is -0.457 e. The molecule has 0 radical (unpaired) electrons. The number of ether oxygens (including phenoxy) is 1. The predicted molar refractivity (Wildman–Crippen MR) is 94.1 cm³/mol. The lowest BCUT2D eigenvalue weighted by Gasteiger charge is -2.13. The average Bonchev–Trinajstić information content (AvgIpc) is 2.58. The first-order valence-corrected chi connectivity index (χ1v) is 7.40. The van der Waals surface area contributed by atoms with Crippen LogP contribution in [0.25, 0.3) is 0 Å². The van der Waals surface area contributed by atoms with Crippen LogP contribution in [0.2, 0.25) is 0 Å². The van der Waals surface area contributed by atoms with Crippen molar-refractivity contribution in [1.29, 1.82) is 0 Å². The molecule has 0 atom stereocenters. The van der Waals surface area contributed by atoms with E-state index in [1.807, 2.05) is 0 Å². The first-order valence-electron chi connectivity index (χ1n) is 7.40. The van der Waals surface area contributed by atoms with Crippen LogP contribution in [0.4, 0.5) is 11.4 Å². The van der Waals surface area contributed by atoms with Gasteiger partial charge < -0.3 is 4.74 Å². The molecule has 128 valence electrons. The summed E-state index contributed by atoms with van der Waals surface area (Å²) in [6, 6.07) is 8.57. The van der Waals surface area contributed by atoms with Crippen molar-refractivity contribution in [2.24, 2.45) is 0 Å². The van der Waals surface area contributed by atoms with E-state index < -0.39 is 9.85 Å². The molecule has 0 heterocycles. The molecule has 7 heteroatoms. The lowest BCUT2D eigenvalue weighted by Crippen LogP contribution is -1.98. The number of nitro benzene ring substituents is 2. The number of non-ortho nitro benzene ring substituents is 2. The molecule has 0 saturated heterocycles. The molecule has 0 aromatic heterocycles. The maximum absolute atomic E-state index is 10.9. The largest absolute Gasteiger partial charge is 0.457 e. The van der Waals surface area contributed by atoms with E-state index in [0.717, 1.165) is 0 Å². The summed E-state index contributed by atoms with van der Waals surface area (Å²) in [5.74, 6) is 0.870. The van der Waals surface area contributed by atoms with Crippen molar-refractivity contribution in [2.45, 2.75) is 12.8 Å². The van der Waals surface area contributed by atoms with E-state index in [9.17, 15) is 20.2 Å². The molecular weight excluding hydrogens is 324 g/mol. The van der Waals surface area contributed by atoms with E-state index in [0.29, 0.717) is 35.5 Å². The Bertz CT molecular complexity index is 776. The smallest absolute Gasteiger partial charge is 0.269 e. The van der Waals surface area contributed by atoms with Gasteiger partial charge in [0, 0.05) is 35.4 Å². The molecule has 0 unspecified atom stereocenters. The van der Waals surface area contributed by atoms with Gasteiger partial charge in [0.05, 0.1) is 9.85 Å². The number of nitrogens with zero attached hydrogens (tertiary/aromatic N) is 2. The van der Waals surface area contributed by atoms with E-state index in [-0.39, 0.29) is 11.4 Å². The molecule has 0 aliphatic heterocycles. The van der Waals surface area contributed by atoms with Gasteiger partial charge in [0.15, 0.2) is 0 Å². The second kappa shape index (κ2) is 7.87. The number of allylic oxidation sites excluding steroid dienone is 2. The van der Waals surface area contributed by atoms with Crippen LogP contribution in [0.1, 0.15) is 11.1 Å². The van der Waals surface area contributed by atoms with Gasteiger partial charge in [0.2, 0.25) is 0 Å². The van der Waals surface area contributed by atoms with E-state index >= 15 is 0 Å². The fraction of sp³-hybridized carbons (Fsp3) is 0.111. The van der Waals surface area contributed by atoms with Crippen molar-refractivity contribution in [3.8, 4) is 11.5 Å². The third-order valence-electron chi connectivity index (χ3n) is 3.46. The Labute approximate surface area is 144 Å². The highest BCUT2D eigenvalue weighted by molar-refractivity contribution is 5.50. The van der Waals surface area contributed by atoms with Crippen LogP contribution in [0, 0.1) is 20.2 Å². The van der Waals surface area contributed by atoms with Gasteiger partial charge in [-0.15, -0.1) is 13.2 Å². The molecule has 0 spiro atoms. The standard InChI is InChI=1S/C18H16N2O5/c1-3-5-13-11-15(19(21)22)7-9-17(13)25-18-10-8-16(20(23)24)12-14(18)6-4-2/h3-4,7-12H,1-2,5-6H2. The third kappa shape index (κ3) is 4.29. The third-order valence-corrected chi connectivity index (χ3v) is 3.46. The summed E-state index contributed by atoms with van der Waals surface area (Å²) in [7, 11) is 0. The van der Waals surface area contributed by atoms with Crippen LogP contribution in [0.5, 0.6) is 11.5 Å². The highest BCUT2D eigenvalue weighted by Crippen LogP contribution is 2.33. The monoisotopic (exact) mass is 340 g/mol. The summed E-state index contributed by atoms with van der Waals surface area (Å²) in [6.45, 7) is 7.29. The highest BCUT2D eigenvalue weighted by atomic mass is 16.6. The van der Waals surface area contributed by atoms with Crippen molar-refractivity contribution >= 4 is 11.4 Å². The molecule has 0 N–H and O–H groups in total. The normalized spacial score (nSPS) is 10.1. The van der Waals surface area contributed by atoms with E-state index in [2.05, 4.69) is 13.2 Å². The fourth-order valence-electron chi connectivity index (χ4n) is 2.31. The fourth-order valence-corrected chi connectivity index (χ4v) is 2.31. The van der Waals surface area contributed by atoms with Crippen LogP contribution in [-0.2, 0) is 12.8 Å². The maximum Gasteiger partial charge on any atom is 0.269 e. The zero-order chi connectivity index (χ0) is 18.4. The van der Waals surface area contributed by atoms with Crippen LogP contribution >= 0.6 is 0 Å². The second-order valence-electron chi connectivity index (χ2n) is 5.19. The highest BCUT2D eigenvalue weighted by Gasteiger charge is 2.15. The number of benzene rings is 2. The van der Waals surface area contributed by atoms with E-state index in [1.54, 1.807) is 12.2 Å². The zero-order valence-electron chi connectivity index (χ0n) is 13.4. The average molecular weight is 340 g/mol. The Morgan fingerprint density at radius 1 is 0.840 bits per heavy atom. The van der Waals surface area contributed by atoms with Crippen LogP contribution in [-0.4, -0.2) is 9.85 Å². The molecule has 2 aromatic rings. The molecular formula is C18H16N2O5. The lowest BCUT2D eigenvalue weighted by molar-refractivity contribution is -0.385. The number of rotatable bonds is 8. The molecule has 0 aliphatic carbocycles. The van der Waals surface area contributed by atoms with Crippen LogP contribution < -0.4 is 4.74 Å². The molecule has 0 bridgehead atoms. The summed E-state index contributed by atoms with van der Waals surface area (Å²) in [5.41, 5.74) is 1.12. The number of hydrogen-bond acceptors (Lipinski definition) is 5. The van der Waals surface area contributed by atoms with Gasteiger partial charge in [0.25, 0.3) is 11.4 Å². The summed E-state index contributed by atoms with van der Waals surface area (Å²) in [4.78, 5) is 20.9. The number of hydrogen-bond donors (Lipinski definition) is 0. The summed E-state index contributed by atoms with van der Waals surface area (Å²) < 4.78 is 5.87. The maximum atomic E-state index is 10.9. The van der Waals surface area contributed by atoms with Crippen LogP contribution in [0.15, 0.2) is 61.7 Å². The second-order valence-corrected chi connectivity index (χ2v) is 5.19. The topological polar surface area (TPSA) is 95.5 Å². The quantitative estimate of drug-likeness (QED) is 0.392.